The van der Waals surface area contributed by atoms with Gasteiger partial charge in [-0.2, -0.15) is 0 Å². The van der Waals surface area contributed by atoms with Crippen LogP contribution in [0.2, 0.25) is 0 Å². The van der Waals surface area contributed by atoms with Crippen molar-refractivity contribution in [2.75, 3.05) is 14.2 Å². The maximum Gasteiger partial charge on any atom is 0.359 e. The molecule has 176 valence electrons. The predicted octanol–water partition coefficient (Wildman–Crippen LogP) is 2.41. The molecule has 0 fully saturated rings. The number of ether oxygens (including phenoxy) is 2. The number of rotatable bonds is 7. The Morgan fingerprint density at radius 1 is 1.09 bits per heavy atom. The minimum Gasteiger partial charge on any atom is -0.496 e. The highest BCUT2D eigenvalue weighted by Crippen LogP contribution is 2.31. The molecule has 4 rings (SSSR count). The SMILES string of the molecule is COC(=O)c1ncn2c1C(=O)N(Cc1ccccc1)[C@](C)(C(=O)NCc1ccccc1OC)C2. The molecule has 2 amide bonds. The van der Waals surface area contributed by atoms with E-state index in [1.165, 1.54) is 18.3 Å². The zero-order chi connectivity index (χ0) is 24.3. The van der Waals surface area contributed by atoms with E-state index in [9.17, 15) is 14.4 Å². The maximum absolute atomic E-state index is 13.7. The molecule has 1 aliphatic heterocycles. The first kappa shape index (κ1) is 23.0. The number of hydrogen-bond acceptors (Lipinski definition) is 6. The normalized spacial score (nSPS) is 17.1. The summed E-state index contributed by atoms with van der Waals surface area (Å²) < 4.78 is 11.7. The van der Waals surface area contributed by atoms with Gasteiger partial charge in [0.2, 0.25) is 5.91 Å². The minimum absolute atomic E-state index is 0.0676. The fraction of sp³-hybridized carbons (Fsp3) is 0.280. The van der Waals surface area contributed by atoms with Crippen LogP contribution in [0.3, 0.4) is 0 Å². The molecule has 0 bridgehead atoms. The van der Waals surface area contributed by atoms with Crippen molar-refractivity contribution < 1.29 is 23.9 Å². The van der Waals surface area contributed by atoms with Gasteiger partial charge < -0.3 is 24.3 Å². The highest BCUT2D eigenvalue weighted by molar-refractivity contribution is 6.06. The average molecular weight is 463 g/mol. The molecular weight excluding hydrogens is 436 g/mol. The predicted molar refractivity (Wildman–Crippen MR) is 123 cm³/mol. The molecule has 1 aromatic heterocycles. The molecule has 0 radical (unpaired) electrons. The number of para-hydroxylation sites is 1. The summed E-state index contributed by atoms with van der Waals surface area (Å²) in [5.41, 5.74) is 0.470. The number of fused-ring (bicyclic) bond motifs is 1. The van der Waals surface area contributed by atoms with Crippen molar-refractivity contribution in [1.29, 1.82) is 0 Å². The Morgan fingerprint density at radius 2 is 1.79 bits per heavy atom. The van der Waals surface area contributed by atoms with Crippen molar-refractivity contribution in [3.63, 3.8) is 0 Å². The summed E-state index contributed by atoms with van der Waals surface area (Å²) in [6.07, 6.45) is 1.39. The number of esters is 1. The lowest BCUT2D eigenvalue weighted by Crippen LogP contribution is -2.63. The first-order chi connectivity index (χ1) is 16.4. The van der Waals surface area contributed by atoms with E-state index < -0.39 is 17.4 Å². The van der Waals surface area contributed by atoms with Gasteiger partial charge in [-0.3, -0.25) is 9.59 Å². The summed E-state index contributed by atoms with van der Waals surface area (Å²) in [5.74, 6) is -0.844. The van der Waals surface area contributed by atoms with Gasteiger partial charge in [-0.15, -0.1) is 0 Å². The van der Waals surface area contributed by atoms with E-state index >= 15 is 0 Å². The van der Waals surface area contributed by atoms with Crippen LogP contribution >= 0.6 is 0 Å². The molecule has 34 heavy (non-hydrogen) atoms. The van der Waals surface area contributed by atoms with E-state index in [1.54, 1.807) is 18.6 Å². The second-order valence-corrected chi connectivity index (χ2v) is 8.21. The van der Waals surface area contributed by atoms with Crippen LogP contribution in [0.5, 0.6) is 5.75 Å². The monoisotopic (exact) mass is 462 g/mol. The second-order valence-electron chi connectivity index (χ2n) is 8.21. The van der Waals surface area contributed by atoms with E-state index in [1.807, 2.05) is 54.6 Å². The first-order valence-corrected chi connectivity index (χ1v) is 10.8. The Bertz CT molecular complexity index is 1220. The minimum atomic E-state index is -1.24. The number of carbonyl (C=O) groups excluding carboxylic acids is 3. The largest absolute Gasteiger partial charge is 0.496 e. The molecule has 9 nitrogen and oxygen atoms in total. The van der Waals surface area contributed by atoms with Crippen LogP contribution in [0.25, 0.3) is 0 Å². The van der Waals surface area contributed by atoms with Crippen LogP contribution in [0, 0.1) is 0 Å². The van der Waals surface area contributed by atoms with Crippen LogP contribution in [-0.2, 0) is 29.2 Å². The van der Waals surface area contributed by atoms with Crippen molar-refractivity contribution in [2.45, 2.75) is 32.1 Å². The average Bonchev–Trinajstić information content (AvgIpc) is 3.29. The number of methoxy groups -OCH3 is 2. The van der Waals surface area contributed by atoms with Gasteiger partial charge in [0.1, 0.15) is 17.0 Å². The number of nitrogens with zero attached hydrogens (tertiary/aromatic N) is 3. The molecule has 0 saturated carbocycles. The van der Waals surface area contributed by atoms with Gasteiger partial charge in [0.05, 0.1) is 27.1 Å². The van der Waals surface area contributed by atoms with Crippen molar-refractivity contribution in [3.05, 3.63) is 83.4 Å². The Balaban J connectivity index is 1.69. The number of nitrogens with one attached hydrogen (secondary N) is 1. The fourth-order valence-corrected chi connectivity index (χ4v) is 4.16. The van der Waals surface area contributed by atoms with Crippen LogP contribution < -0.4 is 10.1 Å². The summed E-state index contributed by atoms with van der Waals surface area (Å²) in [5, 5.41) is 2.95. The molecule has 2 heterocycles. The molecule has 0 aliphatic carbocycles. The van der Waals surface area contributed by atoms with Gasteiger partial charge in [-0.1, -0.05) is 48.5 Å². The molecule has 9 heteroatoms. The molecule has 0 saturated heterocycles. The lowest BCUT2D eigenvalue weighted by atomic mass is 9.93. The third-order valence-electron chi connectivity index (χ3n) is 6.04. The van der Waals surface area contributed by atoms with Crippen molar-refractivity contribution in [3.8, 4) is 5.75 Å². The molecule has 3 aromatic rings. The highest BCUT2D eigenvalue weighted by atomic mass is 16.5. The van der Waals surface area contributed by atoms with Crippen LogP contribution in [0.15, 0.2) is 60.9 Å². The number of amides is 2. The summed E-state index contributed by atoms with van der Waals surface area (Å²) in [6.45, 7) is 2.26. The van der Waals surface area contributed by atoms with Gasteiger partial charge in [0.15, 0.2) is 5.69 Å². The molecular formula is C25H26N4O5. The van der Waals surface area contributed by atoms with E-state index in [-0.39, 0.29) is 36.9 Å². The second kappa shape index (κ2) is 9.38. The first-order valence-electron chi connectivity index (χ1n) is 10.8. The van der Waals surface area contributed by atoms with Crippen molar-refractivity contribution in [2.24, 2.45) is 0 Å². The maximum atomic E-state index is 13.7. The van der Waals surface area contributed by atoms with Crippen LogP contribution in [0.1, 0.15) is 39.0 Å². The molecule has 1 atom stereocenters. The van der Waals surface area contributed by atoms with Crippen LogP contribution in [0.4, 0.5) is 0 Å². The lowest BCUT2D eigenvalue weighted by molar-refractivity contribution is -0.133. The molecule has 0 spiro atoms. The van der Waals surface area contributed by atoms with E-state index in [4.69, 9.17) is 9.47 Å². The third-order valence-corrected chi connectivity index (χ3v) is 6.04. The Labute approximate surface area is 197 Å². The number of imidazole rings is 1. The topological polar surface area (TPSA) is 103 Å². The summed E-state index contributed by atoms with van der Waals surface area (Å²) >= 11 is 0. The standard InChI is InChI=1S/C25H26N4O5/c1-25(24(32)26-13-18-11-7-8-12-19(18)33-2)15-28-16-27-20(23(31)34-3)21(28)22(30)29(25)14-17-9-5-4-6-10-17/h4-12,16H,13-15H2,1-3H3,(H,26,32)/t25-/m0/s1. The summed E-state index contributed by atoms with van der Waals surface area (Å²) in [6, 6.07) is 16.8. The smallest absolute Gasteiger partial charge is 0.359 e. The number of carbonyl (C=O) groups is 3. The molecule has 1 N–H and O–H groups in total. The highest BCUT2D eigenvalue weighted by Gasteiger charge is 2.48. The van der Waals surface area contributed by atoms with E-state index in [0.29, 0.717) is 5.75 Å². The molecule has 0 unspecified atom stereocenters. The number of hydrogen-bond donors (Lipinski definition) is 1. The Kier molecular flexibility index (Phi) is 6.36. The van der Waals surface area contributed by atoms with Gasteiger partial charge in [0, 0.05) is 18.7 Å². The van der Waals surface area contributed by atoms with Crippen molar-refractivity contribution >= 4 is 17.8 Å². The van der Waals surface area contributed by atoms with Gasteiger partial charge >= 0.3 is 5.97 Å². The van der Waals surface area contributed by atoms with Crippen molar-refractivity contribution in [1.82, 2.24) is 19.8 Å². The summed E-state index contributed by atoms with van der Waals surface area (Å²) in [7, 11) is 2.81. The number of aromatic nitrogens is 2. The number of benzene rings is 2. The van der Waals surface area contributed by atoms with Crippen LogP contribution in [-0.4, -0.2) is 52.0 Å². The zero-order valence-electron chi connectivity index (χ0n) is 19.3. The fourth-order valence-electron chi connectivity index (χ4n) is 4.16. The third kappa shape index (κ3) is 4.12. The quantitative estimate of drug-likeness (QED) is 0.541. The summed E-state index contributed by atoms with van der Waals surface area (Å²) in [4.78, 5) is 45.0. The molecule has 1 aliphatic rings. The van der Waals surface area contributed by atoms with Gasteiger partial charge in [0.25, 0.3) is 5.91 Å². The Morgan fingerprint density at radius 3 is 2.50 bits per heavy atom. The zero-order valence-corrected chi connectivity index (χ0v) is 19.3. The molecule has 2 aromatic carbocycles. The van der Waals surface area contributed by atoms with Gasteiger partial charge in [-0.25, -0.2) is 9.78 Å². The lowest BCUT2D eigenvalue weighted by Gasteiger charge is -2.43. The Hall–Kier alpha value is -4.14. The van der Waals surface area contributed by atoms with Gasteiger partial charge in [-0.05, 0) is 18.6 Å². The van der Waals surface area contributed by atoms with E-state index in [0.717, 1.165) is 11.1 Å². The van der Waals surface area contributed by atoms with E-state index in [2.05, 4.69) is 10.3 Å².